The molecule has 0 aromatic carbocycles. The van der Waals surface area contributed by atoms with E-state index in [0.29, 0.717) is 38.5 Å². The van der Waals surface area contributed by atoms with Gasteiger partial charge in [0, 0.05) is 45.0 Å². The van der Waals surface area contributed by atoms with Crippen LogP contribution in [0.25, 0.3) is 0 Å². The first-order chi connectivity index (χ1) is 12.5. The summed E-state index contributed by atoms with van der Waals surface area (Å²) >= 11 is 1.64. The maximum Gasteiger partial charge on any atom is 0.228 e. The van der Waals surface area contributed by atoms with Crippen LogP contribution < -0.4 is 0 Å². The molecule has 138 valence electrons. The Morgan fingerprint density at radius 3 is 2.73 bits per heavy atom. The summed E-state index contributed by atoms with van der Waals surface area (Å²) in [6.07, 6.45) is 3.76. The molecule has 26 heavy (non-hydrogen) atoms. The summed E-state index contributed by atoms with van der Waals surface area (Å²) in [5, 5.41) is 4.11. The van der Waals surface area contributed by atoms with Crippen molar-refractivity contribution in [2.24, 2.45) is 11.8 Å². The normalized spacial score (nSPS) is 17.1. The molecule has 0 spiro atoms. The number of amides is 2. The lowest BCUT2D eigenvalue weighted by molar-refractivity contribution is -0.137. The van der Waals surface area contributed by atoms with Crippen LogP contribution >= 0.6 is 11.3 Å². The summed E-state index contributed by atoms with van der Waals surface area (Å²) in [4.78, 5) is 33.2. The Balaban J connectivity index is 1.66. The number of aromatic nitrogens is 1. The predicted molar refractivity (Wildman–Crippen MR) is 102 cm³/mol. The van der Waals surface area contributed by atoms with Crippen LogP contribution in [0.3, 0.4) is 0 Å². The molecular formula is C20H25N3O2S. The molecular weight excluding hydrogens is 346 g/mol. The average molecular weight is 372 g/mol. The molecule has 1 atom stereocenters. The van der Waals surface area contributed by atoms with Crippen molar-refractivity contribution in [1.29, 1.82) is 0 Å². The molecule has 2 amide bonds. The minimum absolute atomic E-state index is 0.0557. The van der Waals surface area contributed by atoms with E-state index in [4.69, 9.17) is 0 Å². The van der Waals surface area contributed by atoms with Crippen molar-refractivity contribution >= 4 is 23.2 Å². The van der Waals surface area contributed by atoms with E-state index in [-0.39, 0.29) is 17.7 Å². The minimum Gasteiger partial charge on any atom is -0.338 e. The lowest BCUT2D eigenvalue weighted by Gasteiger charge is -2.27. The predicted octanol–water partition coefficient (Wildman–Crippen LogP) is 3.18. The molecule has 3 heterocycles. The highest BCUT2D eigenvalue weighted by atomic mass is 32.1. The van der Waals surface area contributed by atoms with E-state index in [0.717, 1.165) is 11.1 Å². The Morgan fingerprint density at radius 1 is 1.31 bits per heavy atom. The van der Waals surface area contributed by atoms with E-state index in [2.05, 4.69) is 30.3 Å². The second-order valence-corrected chi connectivity index (χ2v) is 8.06. The standard InChI is InChI=1S/C20H25N3O2S/c1-15(2)10-23(12-17-5-8-26-14-17)20(25)18-9-19(24)22(13-18)11-16-3-6-21-7-4-16/h3-8,14-15,18H,9-13H2,1-2H3. The van der Waals surface area contributed by atoms with Crippen LogP contribution in [-0.2, 0) is 22.7 Å². The number of hydrogen-bond acceptors (Lipinski definition) is 4. The summed E-state index contributed by atoms with van der Waals surface area (Å²) in [6, 6.07) is 5.87. The molecule has 1 unspecified atom stereocenters. The summed E-state index contributed by atoms with van der Waals surface area (Å²) in [5.41, 5.74) is 2.20. The highest BCUT2D eigenvalue weighted by Gasteiger charge is 2.36. The quantitative estimate of drug-likeness (QED) is 0.751. The summed E-state index contributed by atoms with van der Waals surface area (Å²) in [7, 11) is 0. The molecule has 1 aliphatic heterocycles. The van der Waals surface area contributed by atoms with Crippen molar-refractivity contribution in [1.82, 2.24) is 14.8 Å². The number of rotatable bonds is 7. The molecule has 1 aliphatic rings. The van der Waals surface area contributed by atoms with Gasteiger partial charge in [-0.1, -0.05) is 13.8 Å². The third kappa shape index (κ3) is 4.69. The average Bonchev–Trinajstić information content (AvgIpc) is 3.24. The van der Waals surface area contributed by atoms with E-state index in [1.165, 1.54) is 0 Å². The number of likely N-dealkylation sites (tertiary alicyclic amines) is 1. The first-order valence-electron chi connectivity index (χ1n) is 8.99. The van der Waals surface area contributed by atoms with E-state index >= 15 is 0 Å². The molecule has 1 fully saturated rings. The Bertz CT molecular complexity index is 731. The van der Waals surface area contributed by atoms with Crippen molar-refractivity contribution in [3.63, 3.8) is 0 Å². The van der Waals surface area contributed by atoms with Crippen molar-refractivity contribution < 1.29 is 9.59 Å². The Kier molecular flexibility index (Phi) is 6.04. The van der Waals surface area contributed by atoms with Crippen LogP contribution in [-0.4, -0.2) is 39.7 Å². The molecule has 0 bridgehead atoms. The van der Waals surface area contributed by atoms with Crippen LogP contribution in [0, 0.1) is 11.8 Å². The van der Waals surface area contributed by atoms with Gasteiger partial charge in [0.1, 0.15) is 0 Å². The van der Waals surface area contributed by atoms with Crippen LogP contribution in [0.4, 0.5) is 0 Å². The molecule has 1 saturated heterocycles. The fourth-order valence-corrected chi connectivity index (χ4v) is 3.99. The van der Waals surface area contributed by atoms with Gasteiger partial charge >= 0.3 is 0 Å². The first kappa shape index (κ1) is 18.6. The first-order valence-corrected chi connectivity index (χ1v) is 9.93. The summed E-state index contributed by atoms with van der Waals surface area (Å²) < 4.78 is 0. The van der Waals surface area contributed by atoms with Gasteiger partial charge in [0.15, 0.2) is 0 Å². The maximum absolute atomic E-state index is 13.1. The Labute approximate surface area is 158 Å². The van der Waals surface area contributed by atoms with E-state index in [9.17, 15) is 9.59 Å². The van der Waals surface area contributed by atoms with Crippen LogP contribution in [0.5, 0.6) is 0 Å². The summed E-state index contributed by atoms with van der Waals surface area (Å²) in [5.74, 6) is 0.292. The van der Waals surface area contributed by atoms with Gasteiger partial charge < -0.3 is 9.80 Å². The third-order valence-electron chi connectivity index (χ3n) is 4.54. The van der Waals surface area contributed by atoms with Crippen LogP contribution in [0.2, 0.25) is 0 Å². The molecule has 0 saturated carbocycles. The van der Waals surface area contributed by atoms with Crippen molar-refractivity contribution in [2.75, 3.05) is 13.1 Å². The molecule has 2 aromatic rings. The Hall–Kier alpha value is -2.21. The molecule has 3 rings (SSSR count). The van der Waals surface area contributed by atoms with Gasteiger partial charge in [-0.3, -0.25) is 14.6 Å². The van der Waals surface area contributed by atoms with Crippen molar-refractivity contribution in [2.45, 2.75) is 33.4 Å². The van der Waals surface area contributed by atoms with E-state index in [1.807, 2.05) is 22.4 Å². The molecule has 6 heteroatoms. The van der Waals surface area contributed by atoms with E-state index < -0.39 is 0 Å². The Morgan fingerprint density at radius 2 is 2.08 bits per heavy atom. The van der Waals surface area contributed by atoms with Gasteiger partial charge in [-0.2, -0.15) is 11.3 Å². The van der Waals surface area contributed by atoms with Gasteiger partial charge in [-0.15, -0.1) is 0 Å². The highest BCUT2D eigenvalue weighted by Crippen LogP contribution is 2.24. The monoisotopic (exact) mass is 371 g/mol. The minimum atomic E-state index is -0.248. The number of pyridine rings is 1. The van der Waals surface area contributed by atoms with Gasteiger partial charge in [-0.05, 0) is 46.0 Å². The smallest absolute Gasteiger partial charge is 0.228 e. The largest absolute Gasteiger partial charge is 0.338 e. The zero-order chi connectivity index (χ0) is 18.5. The second-order valence-electron chi connectivity index (χ2n) is 7.27. The van der Waals surface area contributed by atoms with Gasteiger partial charge in [0.2, 0.25) is 11.8 Å². The number of thiophene rings is 1. The fraction of sp³-hybridized carbons (Fsp3) is 0.450. The molecule has 5 nitrogen and oxygen atoms in total. The number of hydrogen-bond donors (Lipinski definition) is 0. The molecule has 0 radical (unpaired) electrons. The van der Waals surface area contributed by atoms with Crippen LogP contribution in [0.15, 0.2) is 41.4 Å². The lowest BCUT2D eigenvalue weighted by Crippen LogP contribution is -2.39. The lowest BCUT2D eigenvalue weighted by atomic mass is 10.1. The molecule has 0 N–H and O–H groups in total. The van der Waals surface area contributed by atoms with Crippen molar-refractivity contribution in [3.8, 4) is 0 Å². The number of nitrogens with zero attached hydrogens (tertiary/aromatic N) is 3. The van der Waals surface area contributed by atoms with E-state index in [1.54, 1.807) is 28.6 Å². The number of carbonyl (C=O) groups is 2. The fourth-order valence-electron chi connectivity index (χ4n) is 3.33. The zero-order valence-corrected chi connectivity index (χ0v) is 16.1. The second kappa shape index (κ2) is 8.45. The highest BCUT2D eigenvalue weighted by molar-refractivity contribution is 7.07. The number of carbonyl (C=O) groups excluding carboxylic acids is 2. The van der Waals surface area contributed by atoms with Crippen molar-refractivity contribution in [3.05, 3.63) is 52.5 Å². The van der Waals surface area contributed by atoms with Gasteiger partial charge in [0.25, 0.3) is 0 Å². The SMILES string of the molecule is CC(C)CN(Cc1ccsc1)C(=O)C1CC(=O)N(Cc2ccncc2)C1. The zero-order valence-electron chi connectivity index (χ0n) is 15.3. The summed E-state index contributed by atoms with van der Waals surface area (Å²) in [6.45, 7) is 6.60. The maximum atomic E-state index is 13.1. The van der Waals surface area contributed by atoms with Gasteiger partial charge in [-0.25, -0.2) is 0 Å². The molecule has 2 aromatic heterocycles. The molecule has 0 aliphatic carbocycles. The van der Waals surface area contributed by atoms with Crippen LogP contribution in [0.1, 0.15) is 31.4 Å². The topological polar surface area (TPSA) is 53.5 Å². The van der Waals surface area contributed by atoms with Gasteiger partial charge in [0.05, 0.1) is 5.92 Å². The third-order valence-corrected chi connectivity index (χ3v) is 5.27.